The second-order valence-corrected chi connectivity index (χ2v) is 6.20. The molecule has 112 valence electrons. The summed E-state index contributed by atoms with van der Waals surface area (Å²) in [5.41, 5.74) is 6.77. The van der Waals surface area contributed by atoms with Crippen molar-refractivity contribution in [1.82, 2.24) is 10.1 Å². The topological polar surface area (TPSA) is 64.9 Å². The molecule has 1 heterocycles. The zero-order valence-electron chi connectivity index (χ0n) is 12.4. The van der Waals surface area contributed by atoms with Gasteiger partial charge in [-0.05, 0) is 50.2 Å². The monoisotopic (exact) mass is 289 g/mol. The highest BCUT2D eigenvalue weighted by Gasteiger charge is 2.36. The highest BCUT2D eigenvalue weighted by atomic mass is 19.1. The molecule has 1 aliphatic carbocycles. The third-order valence-electron chi connectivity index (χ3n) is 4.46. The van der Waals surface area contributed by atoms with E-state index in [9.17, 15) is 4.39 Å². The van der Waals surface area contributed by atoms with Gasteiger partial charge in [-0.2, -0.15) is 4.98 Å². The Morgan fingerprint density at radius 3 is 2.76 bits per heavy atom. The van der Waals surface area contributed by atoms with Gasteiger partial charge in [0.1, 0.15) is 5.82 Å². The first kappa shape index (κ1) is 14.2. The summed E-state index contributed by atoms with van der Waals surface area (Å²) >= 11 is 0. The molecule has 2 N–H and O–H groups in total. The summed E-state index contributed by atoms with van der Waals surface area (Å²) in [4.78, 5) is 4.36. The summed E-state index contributed by atoms with van der Waals surface area (Å²) in [6.45, 7) is 3.94. The van der Waals surface area contributed by atoms with E-state index in [1.807, 2.05) is 0 Å². The van der Waals surface area contributed by atoms with Gasteiger partial charge < -0.3 is 10.3 Å². The molecule has 0 saturated heterocycles. The molecule has 5 heteroatoms. The van der Waals surface area contributed by atoms with E-state index in [4.69, 9.17) is 10.3 Å². The summed E-state index contributed by atoms with van der Waals surface area (Å²) in [7, 11) is 0. The van der Waals surface area contributed by atoms with Gasteiger partial charge >= 0.3 is 0 Å². The van der Waals surface area contributed by atoms with Gasteiger partial charge in [0.05, 0.1) is 11.1 Å². The number of hydrogen-bond donors (Lipinski definition) is 1. The van der Waals surface area contributed by atoms with E-state index >= 15 is 0 Å². The van der Waals surface area contributed by atoms with Gasteiger partial charge in [-0.25, -0.2) is 4.39 Å². The molecule has 21 heavy (non-hydrogen) atoms. The Kier molecular flexibility index (Phi) is 3.53. The van der Waals surface area contributed by atoms with Crippen molar-refractivity contribution in [3.05, 3.63) is 35.4 Å². The van der Waals surface area contributed by atoms with Crippen LogP contribution in [0.15, 0.2) is 22.7 Å². The van der Waals surface area contributed by atoms with Crippen LogP contribution in [0.25, 0.3) is 11.5 Å². The summed E-state index contributed by atoms with van der Waals surface area (Å²) < 4.78 is 19.4. The number of benzene rings is 1. The molecular formula is C16H20FN3O. The van der Waals surface area contributed by atoms with Gasteiger partial charge in [-0.15, -0.1) is 0 Å². The van der Waals surface area contributed by atoms with Crippen LogP contribution in [0, 0.1) is 18.7 Å². The van der Waals surface area contributed by atoms with E-state index in [0.717, 1.165) is 25.7 Å². The van der Waals surface area contributed by atoms with Crippen molar-refractivity contribution in [3.63, 3.8) is 0 Å². The maximum atomic E-state index is 14.1. The van der Waals surface area contributed by atoms with Crippen LogP contribution in [-0.4, -0.2) is 10.1 Å². The summed E-state index contributed by atoms with van der Waals surface area (Å²) in [5.74, 6) is 1.05. The quantitative estimate of drug-likeness (QED) is 0.918. The van der Waals surface area contributed by atoms with E-state index < -0.39 is 5.54 Å². The summed E-state index contributed by atoms with van der Waals surface area (Å²) in [5, 5.41) is 4.01. The second kappa shape index (κ2) is 5.22. The van der Waals surface area contributed by atoms with E-state index in [2.05, 4.69) is 17.1 Å². The Labute approximate surface area is 123 Å². The van der Waals surface area contributed by atoms with E-state index in [-0.39, 0.29) is 11.7 Å². The lowest BCUT2D eigenvalue weighted by atomic mass is 9.77. The van der Waals surface area contributed by atoms with E-state index in [1.165, 1.54) is 0 Å². The first-order chi connectivity index (χ1) is 9.99. The molecule has 0 amide bonds. The van der Waals surface area contributed by atoms with Gasteiger partial charge in [-0.3, -0.25) is 0 Å². The number of aromatic nitrogens is 2. The van der Waals surface area contributed by atoms with Crippen molar-refractivity contribution >= 4 is 0 Å². The number of nitrogens with zero attached hydrogens (tertiary/aromatic N) is 2. The third kappa shape index (κ3) is 2.58. The van der Waals surface area contributed by atoms with Crippen molar-refractivity contribution < 1.29 is 8.91 Å². The van der Waals surface area contributed by atoms with Crippen LogP contribution in [0.1, 0.15) is 44.0 Å². The Morgan fingerprint density at radius 1 is 1.33 bits per heavy atom. The van der Waals surface area contributed by atoms with Crippen LogP contribution < -0.4 is 5.73 Å². The molecule has 4 nitrogen and oxygen atoms in total. The average Bonchev–Trinajstić information content (AvgIpc) is 2.96. The smallest absolute Gasteiger partial charge is 0.260 e. The average molecular weight is 289 g/mol. The fourth-order valence-corrected chi connectivity index (χ4v) is 2.85. The Balaban J connectivity index is 1.92. The van der Waals surface area contributed by atoms with Crippen LogP contribution in [0.3, 0.4) is 0 Å². The Hall–Kier alpha value is -1.75. The van der Waals surface area contributed by atoms with Crippen molar-refractivity contribution in [2.45, 2.75) is 45.1 Å². The van der Waals surface area contributed by atoms with E-state index in [0.29, 0.717) is 22.9 Å². The third-order valence-corrected chi connectivity index (χ3v) is 4.46. The lowest BCUT2D eigenvalue weighted by Crippen LogP contribution is -2.41. The van der Waals surface area contributed by atoms with Gasteiger partial charge in [0.15, 0.2) is 5.82 Å². The second-order valence-electron chi connectivity index (χ2n) is 6.20. The fourth-order valence-electron chi connectivity index (χ4n) is 2.85. The van der Waals surface area contributed by atoms with Crippen molar-refractivity contribution in [2.75, 3.05) is 0 Å². The summed E-state index contributed by atoms with van der Waals surface area (Å²) in [6.07, 6.45) is 3.78. The molecule has 0 aliphatic heterocycles. The molecule has 1 aliphatic rings. The zero-order valence-corrected chi connectivity index (χ0v) is 12.4. The van der Waals surface area contributed by atoms with Crippen LogP contribution in [-0.2, 0) is 5.54 Å². The van der Waals surface area contributed by atoms with Crippen LogP contribution in [0.5, 0.6) is 0 Å². The molecular weight excluding hydrogens is 269 g/mol. The van der Waals surface area contributed by atoms with Gasteiger partial charge in [0.2, 0.25) is 0 Å². The molecule has 0 atom stereocenters. The normalized spacial score (nSPS) is 26.0. The lowest BCUT2D eigenvalue weighted by Gasteiger charge is -2.33. The van der Waals surface area contributed by atoms with Gasteiger partial charge in [0.25, 0.3) is 5.89 Å². The molecule has 3 rings (SSSR count). The van der Waals surface area contributed by atoms with Crippen LogP contribution >= 0.6 is 0 Å². The van der Waals surface area contributed by atoms with Crippen LogP contribution in [0.2, 0.25) is 0 Å². The zero-order chi connectivity index (χ0) is 15.0. The number of hydrogen-bond acceptors (Lipinski definition) is 4. The maximum absolute atomic E-state index is 14.1. The molecule has 0 spiro atoms. The molecule has 1 aromatic heterocycles. The highest BCUT2D eigenvalue weighted by molar-refractivity contribution is 5.55. The predicted octanol–water partition coefficient (Wildman–Crippen LogP) is 3.55. The summed E-state index contributed by atoms with van der Waals surface area (Å²) in [6, 6.07) is 5.13. The molecule has 0 unspecified atom stereocenters. The fraction of sp³-hybridized carbons (Fsp3) is 0.500. The maximum Gasteiger partial charge on any atom is 0.260 e. The molecule has 1 saturated carbocycles. The minimum atomic E-state index is -0.547. The lowest BCUT2D eigenvalue weighted by molar-refractivity contribution is 0.230. The standard InChI is InChI=1S/C16H20FN3O/c1-10-6-8-16(18,9-7-10)15-19-14(21-20-15)12-5-3-4-11(2)13(12)17/h3-5,10H,6-9,18H2,1-2H3. The molecule has 2 aromatic rings. The molecule has 0 bridgehead atoms. The first-order valence-electron chi connectivity index (χ1n) is 7.38. The van der Waals surface area contributed by atoms with Crippen LogP contribution in [0.4, 0.5) is 4.39 Å². The largest absolute Gasteiger partial charge is 0.334 e. The highest BCUT2D eigenvalue weighted by Crippen LogP contribution is 2.36. The SMILES string of the molecule is Cc1cccc(-c2nc(C3(N)CCC(C)CC3)no2)c1F. The van der Waals surface area contributed by atoms with Gasteiger partial charge in [0, 0.05) is 0 Å². The molecule has 0 radical (unpaired) electrons. The first-order valence-corrected chi connectivity index (χ1v) is 7.38. The Bertz CT molecular complexity index is 645. The predicted molar refractivity (Wildman–Crippen MR) is 77.9 cm³/mol. The number of aryl methyl sites for hydroxylation is 1. The number of rotatable bonds is 2. The van der Waals surface area contributed by atoms with Gasteiger partial charge in [-0.1, -0.05) is 24.2 Å². The molecule has 1 fully saturated rings. The molecule has 1 aromatic carbocycles. The van der Waals surface area contributed by atoms with Crippen molar-refractivity contribution in [1.29, 1.82) is 0 Å². The minimum absolute atomic E-state index is 0.203. The van der Waals surface area contributed by atoms with E-state index in [1.54, 1.807) is 25.1 Å². The van der Waals surface area contributed by atoms with Crippen molar-refractivity contribution in [2.24, 2.45) is 11.7 Å². The Morgan fingerprint density at radius 2 is 2.05 bits per heavy atom. The number of nitrogens with two attached hydrogens (primary N) is 1. The van der Waals surface area contributed by atoms with Crippen molar-refractivity contribution in [3.8, 4) is 11.5 Å². The number of halogens is 1. The minimum Gasteiger partial charge on any atom is -0.334 e.